The molecule has 2 aromatic carbocycles. The number of allylic oxidation sites excluding steroid dienone is 1. The smallest absolute Gasteiger partial charge is 0.196 e. The summed E-state index contributed by atoms with van der Waals surface area (Å²) in [5.74, 6) is -1.04. The van der Waals surface area contributed by atoms with E-state index in [1.807, 2.05) is 0 Å². The van der Waals surface area contributed by atoms with E-state index in [9.17, 15) is 14.7 Å². The Kier molecular flexibility index (Phi) is 4.73. The van der Waals surface area contributed by atoms with E-state index in [4.69, 9.17) is 4.74 Å². The molecule has 0 unspecified atom stereocenters. The van der Waals surface area contributed by atoms with Gasteiger partial charge < -0.3 is 9.84 Å². The Labute approximate surface area is 128 Å². The second-order valence-electron chi connectivity index (χ2n) is 4.53. The van der Waals surface area contributed by atoms with Crippen LogP contribution in [0.1, 0.15) is 33.2 Å². The molecule has 2 rings (SSSR count). The molecule has 0 atom stereocenters. The maximum absolute atomic E-state index is 12.5. The van der Waals surface area contributed by atoms with E-state index in [-0.39, 0.29) is 40.8 Å². The van der Waals surface area contributed by atoms with Crippen molar-refractivity contribution in [2.45, 2.75) is 6.92 Å². The first kappa shape index (κ1) is 15.5. The summed E-state index contributed by atoms with van der Waals surface area (Å²) in [6.45, 7) is 5.41. The molecule has 0 saturated carbocycles. The number of benzene rings is 2. The Hall–Kier alpha value is -2.88. The predicted molar refractivity (Wildman–Crippen MR) is 83.7 cm³/mol. The van der Waals surface area contributed by atoms with Crippen molar-refractivity contribution in [3.8, 4) is 11.5 Å². The van der Waals surface area contributed by atoms with E-state index < -0.39 is 0 Å². The van der Waals surface area contributed by atoms with Gasteiger partial charge in [0, 0.05) is 5.56 Å². The van der Waals surface area contributed by atoms with Crippen LogP contribution in [0, 0.1) is 0 Å². The van der Waals surface area contributed by atoms with E-state index in [1.54, 1.807) is 37.3 Å². The maximum atomic E-state index is 12.5. The summed E-state index contributed by atoms with van der Waals surface area (Å²) >= 11 is 0. The number of hydrogen-bond acceptors (Lipinski definition) is 4. The van der Waals surface area contributed by atoms with Gasteiger partial charge in [-0.25, -0.2) is 0 Å². The first-order chi connectivity index (χ1) is 10.6. The first-order valence-corrected chi connectivity index (χ1v) is 6.85. The van der Waals surface area contributed by atoms with Crippen molar-refractivity contribution in [1.29, 1.82) is 0 Å². The van der Waals surface area contributed by atoms with Crippen LogP contribution >= 0.6 is 0 Å². The summed E-state index contributed by atoms with van der Waals surface area (Å²) < 4.78 is 5.35. The number of rotatable bonds is 6. The largest absolute Gasteiger partial charge is 0.504 e. The van der Waals surface area contributed by atoms with Gasteiger partial charge in [-0.05, 0) is 25.1 Å². The minimum atomic E-state index is -0.377. The summed E-state index contributed by atoms with van der Waals surface area (Å²) in [6, 6.07) is 11.5. The molecule has 112 valence electrons. The summed E-state index contributed by atoms with van der Waals surface area (Å²) in [7, 11) is 0. The number of phenolic OH excluding ortho intramolecular Hbond substituents is 1. The average molecular weight is 296 g/mol. The Morgan fingerprint density at radius 1 is 1.14 bits per heavy atom. The molecule has 2 aromatic rings. The summed E-state index contributed by atoms with van der Waals surface area (Å²) in [6.07, 6.45) is 1.13. The van der Waals surface area contributed by atoms with Crippen molar-refractivity contribution in [2.24, 2.45) is 0 Å². The van der Waals surface area contributed by atoms with Crippen LogP contribution in [0.5, 0.6) is 11.5 Å². The molecule has 0 aliphatic heterocycles. The number of phenols is 1. The molecule has 1 N–H and O–H groups in total. The Morgan fingerprint density at radius 2 is 1.77 bits per heavy atom. The van der Waals surface area contributed by atoms with Crippen LogP contribution in [-0.4, -0.2) is 23.3 Å². The molecule has 22 heavy (non-hydrogen) atoms. The third kappa shape index (κ3) is 2.91. The van der Waals surface area contributed by atoms with Gasteiger partial charge in [-0.3, -0.25) is 9.59 Å². The molecule has 4 nitrogen and oxygen atoms in total. The van der Waals surface area contributed by atoms with Crippen molar-refractivity contribution < 1.29 is 19.4 Å². The monoisotopic (exact) mass is 296 g/mol. The molecular weight excluding hydrogens is 280 g/mol. The number of aromatic hydroxyl groups is 1. The van der Waals surface area contributed by atoms with E-state index in [0.29, 0.717) is 5.56 Å². The molecule has 4 heteroatoms. The van der Waals surface area contributed by atoms with E-state index in [0.717, 1.165) is 6.08 Å². The fourth-order valence-electron chi connectivity index (χ4n) is 2.09. The highest BCUT2D eigenvalue weighted by molar-refractivity contribution is 6.13. The van der Waals surface area contributed by atoms with Gasteiger partial charge in [0.2, 0.25) is 0 Å². The van der Waals surface area contributed by atoms with E-state index in [1.165, 1.54) is 12.1 Å². The highest BCUT2D eigenvalue weighted by Crippen LogP contribution is 2.35. The minimum absolute atomic E-state index is 0.00850. The van der Waals surface area contributed by atoms with Crippen molar-refractivity contribution >= 4 is 11.6 Å². The van der Waals surface area contributed by atoms with Gasteiger partial charge in [0.05, 0.1) is 17.7 Å². The zero-order chi connectivity index (χ0) is 16.1. The molecule has 0 aliphatic carbocycles. The predicted octanol–water partition coefficient (Wildman–Crippen LogP) is 3.39. The first-order valence-electron chi connectivity index (χ1n) is 6.85. The standard InChI is InChI=1S/C18H16O4/c1-3-15(19)13-10-11-14(17(21)18(13)22-4-2)16(20)12-8-6-5-7-9-12/h3,5-11,21H,1,4H2,2H3. The van der Waals surface area contributed by atoms with Crippen LogP contribution in [0.25, 0.3) is 0 Å². The summed E-state index contributed by atoms with van der Waals surface area (Å²) in [5, 5.41) is 10.3. The molecule has 0 amide bonds. The number of ether oxygens (including phenoxy) is 1. The topological polar surface area (TPSA) is 63.6 Å². The molecule has 0 bridgehead atoms. The summed E-state index contributed by atoms with van der Waals surface area (Å²) in [5.41, 5.74) is 0.720. The van der Waals surface area contributed by atoms with Crippen LogP contribution in [0.3, 0.4) is 0 Å². The highest BCUT2D eigenvalue weighted by Gasteiger charge is 2.22. The molecule has 0 spiro atoms. The lowest BCUT2D eigenvalue weighted by Crippen LogP contribution is -2.07. The van der Waals surface area contributed by atoms with Gasteiger partial charge in [-0.15, -0.1) is 0 Å². The maximum Gasteiger partial charge on any atom is 0.196 e. The second kappa shape index (κ2) is 6.72. The number of carbonyl (C=O) groups excluding carboxylic acids is 2. The van der Waals surface area contributed by atoms with Crippen LogP contribution < -0.4 is 4.74 Å². The van der Waals surface area contributed by atoms with Gasteiger partial charge in [-0.2, -0.15) is 0 Å². The van der Waals surface area contributed by atoms with Crippen molar-refractivity contribution in [2.75, 3.05) is 6.61 Å². The van der Waals surface area contributed by atoms with Gasteiger partial charge >= 0.3 is 0 Å². The Balaban J connectivity index is 2.55. The quantitative estimate of drug-likeness (QED) is 0.655. The highest BCUT2D eigenvalue weighted by atomic mass is 16.5. The lowest BCUT2D eigenvalue weighted by atomic mass is 9.98. The zero-order valence-electron chi connectivity index (χ0n) is 12.2. The minimum Gasteiger partial charge on any atom is -0.504 e. The molecule has 0 heterocycles. The number of ketones is 2. The molecular formula is C18H16O4. The lowest BCUT2D eigenvalue weighted by molar-refractivity contribution is 0.102. The van der Waals surface area contributed by atoms with E-state index >= 15 is 0 Å². The summed E-state index contributed by atoms with van der Waals surface area (Å²) in [4.78, 5) is 24.3. The number of carbonyl (C=O) groups is 2. The molecule has 0 radical (unpaired) electrons. The van der Waals surface area contributed by atoms with Gasteiger partial charge in [0.25, 0.3) is 0 Å². The number of hydrogen-bond donors (Lipinski definition) is 1. The van der Waals surface area contributed by atoms with Crippen LogP contribution in [0.4, 0.5) is 0 Å². The van der Waals surface area contributed by atoms with Crippen LogP contribution in [-0.2, 0) is 0 Å². The molecule has 0 aliphatic rings. The van der Waals surface area contributed by atoms with Crippen LogP contribution in [0.15, 0.2) is 55.1 Å². The van der Waals surface area contributed by atoms with Crippen molar-refractivity contribution in [3.63, 3.8) is 0 Å². The molecule has 0 aromatic heterocycles. The zero-order valence-corrected chi connectivity index (χ0v) is 12.2. The van der Waals surface area contributed by atoms with Gasteiger partial charge in [-0.1, -0.05) is 36.9 Å². The van der Waals surface area contributed by atoms with Gasteiger partial charge in [0.1, 0.15) is 0 Å². The molecule has 0 fully saturated rings. The Morgan fingerprint density at radius 3 is 2.36 bits per heavy atom. The third-order valence-corrected chi connectivity index (χ3v) is 3.15. The fourth-order valence-corrected chi connectivity index (χ4v) is 2.09. The van der Waals surface area contributed by atoms with E-state index in [2.05, 4.69) is 6.58 Å². The van der Waals surface area contributed by atoms with Crippen molar-refractivity contribution in [3.05, 3.63) is 71.8 Å². The van der Waals surface area contributed by atoms with Crippen molar-refractivity contribution in [1.82, 2.24) is 0 Å². The lowest BCUT2D eigenvalue weighted by Gasteiger charge is -2.13. The fraction of sp³-hybridized carbons (Fsp3) is 0.111. The third-order valence-electron chi connectivity index (χ3n) is 3.15. The molecule has 0 saturated heterocycles. The van der Waals surface area contributed by atoms with Crippen LogP contribution in [0.2, 0.25) is 0 Å². The second-order valence-corrected chi connectivity index (χ2v) is 4.53. The normalized spacial score (nSPS) is 10.0. The SMILES string of the molecule is C=CC(=O)c1ccc(C(=O)c2ccccc2)c(O)c1OCC. The Bertz CT molecular complexity index is 717. The van der Waals surface area contributed by atoms with Gasteiger partial charge in [0.15, 0.2) is 23.1 Å². The average Bonchev–Trinajstić information content (AvgIpc) is 2.56.